The summed E-state index contributed by atoms with van der Waals surface area (Å²) < 4.78 is 31.5. The lowest BCUT2D eigenvalue weighted by atomic mass is 10.0. The zero-order valence-electron chi connectivity index (χ0n) is 19.3. The maximum absolute atomic E-state index is 13.2. The first-order chi connectivity index (χ1) is 16.5. The van der Waals surface area contributed by atoms with Gasteiger partial charge in [0.1, 0.15) is 0 Å². The van der Waals surface area contributed by atoms with Crippen molar-refractivity contribution in [1.82, 2.24) is 24.1 Å². The molecule has 1 aliphatic heterocycles. The lowest BCUT2D eigenvalue weighted by Gasteiger charge is -2.39. The molecule has 1 unspecified atom stereocenters. The van der Waals surface area contributed by atoms with E-state index in [1.165, 1.54) is 0 Å². The third-order valence-electron chi connectivity index (χ3n) is 6.85. The topological polar surface area (TPSA) is 93.6 Å². The smallest absolute Gasteiger partial charge is 0.240 e. The van der Waals surface area contributed by atoms with Crippen molar-refractivity contribution in [3.8, 4) is 0 Å². The van der Waals surface area contributed by atoms with Crippen LogP contribution in [0.5, 0.6) is 0 Å². The number of rotatable bonds is 8. The van der Waals surface area contributed by atoms with E-state index in [9.17, 15) is 13.5 Å². The van der Waals surface area contributed by atoms with Crippen molar-refractivity contribution in [2.45, 2.75) is 10.9 Å². The minimum atomic E-state index is -3.68. The number of β-amino-alcohol motifs (C(OH)–C–C–N with tert-alkyl or cyclic N) is 1. The van der Waals surface area contributed by atoms with Crippen LogP contribution in [0.15, 0.2) is 65.8 Å². The fraction of sp³-hybridized carbons (Fsp3) is 0.360. The third-order valence-corrected chi connectivity index (χ3v) is 8.28. The number of aryl methyl sites for hydroxylation is 1. The molecule has 0 bridgehead atoms. The first-order valence-corrected chi connectivity index (χ1v) is 13.1. The Balaban J connectivity index is 1.43. The van der Waals surface area contributed by atoms with E-state index in [0.29, 0.717) is 6.54 Å². The molecule has 1 saturated heterocycles. The highest BCUT2D eigenvalue weighted by molar-refractivity contribution is 7.89. The number of hydrogen-bond donors (Lipinski definition) is 3. The highest BCUT2D eigenvalue weighted by atomic mass is 32.2. The van der Waals surface area contributed by atoms with E-state index in [4.69, 9.17) is 0 Å². The summed E-state index contributed by atoms with van der Waals surface area (Å²) in [6.45, 7) is 4.40. The van der Waals surface area contributed by atoms with Crippen LogP contribution in [-0.4, -0.2) is 78.8 Å². The SMILES string of the molecule is Cn1cc(C(CNS(=O)(=O)c2ccc3cc[nH]c3c2)N2CCN(CCO)CC2)c2ccccc21. The Hall–Kier alpha value is -2.69. The zero-order valence-corrected chi connectivity index (χ0v) is 20.1. The van der Waals surface area contributed by atoms with E-state index in [1.807, 2.05) is 37.5 Å². The van der Waals surface area contributed by atoms with Crippen molar-refractivity contribution in [2.24, 2.45) is 7.05 Å². The Morgan fingerprint density at radius 3 is 2.68 bits per heavy atom. The number of hydrogen-bond acceptors (Lipinski definition) is 5. The van der Waals surface area contributed by atoms with Crippen molar-refractivity contribution in [3.63, 3.8) is 0 Å². The number of sulfonamides is 1. The molecule has 2 aromatic heterocycles. The molecular weight excluding hydrogens is 450 g/mol. The van der Waals surface area contributed by atoms with Gasteiger partial charge in [0.15, 0.2) is 0 Å². The predicted molar refractivity (Wildman–Crippen MR) is 134 cm³/mol. The van der Waals surface area contributed by atoms with Gasteiger partial charge in [-0.1, -0.05) is 24.3 Å². The number of para-hydroxylation sites is 1. The number of piperazine rings is 1. The first-order valence-electron chi connectivity index (χ1n) is 11.6. The van der Waals surface area contributed by atoms with Gasteiger partial charge in [0.2, 0.25) is 10.0 Å². The number of aliphatic hydroxyl groups excluding tert-OH is 1. The van der Waals surface area contributed by atoms with Crippen LogP contribution in [0.4, 0.5) is 0 Å². The number of benzene rings is 2. The summed E-state index contributed by atoms with van der Waals surface area (Å²) in [6, 6.07) is 15.2. The molecule has 3 heterocycles. The van der Waals surface area contributed by atoms with Crippen LogP contribution in [0, 0.1) is 0 Å². The molecule has 4 aromatic rings. The highest BCUT2D eigenvalue weighted by Crippen LogP contribution is 2.31. The third kappa shape index (κ3) is 4.49. The molecule has 0 radical (unpaired) electrons. The molecule has 3 N–H and O–H groups in total. The highest BCUT2D eigenvalue weighted by Gasteiger charge is 2.29. The van der Waals surface area contributed by atoms with Crippen molar-refractivity contribution in [3.05, 3.63) is 66.5 Å². The summed E-state index contributed by atoms with van der Waals surface area (Å²) in [6.07, 6.45) is 3.93. The number of nitrogens with zero attached hydrogens (tertiary/aromatic N) is 3. The van der Waals surface area contributed by atoms with Gasteiger partial charge in [-0.3, -0.25) is 9.80 Å². The van der Waals surface area contributed by atoms with Crippen LogP contribution in [0.25, 0.3) is 21.8 Å². The summed E-state index contributed by atoms with van der Waals surface area (Å²) in [4.78, 5) is 7.94. The first kappa shape index (κ1) is 23.1. The molecule has 5 rings (SSSR count). The van der Waals surface area contributed by atoms with Gasteiger partial charge in [0.25, 0.3) is 0 Å². The molecule has 0 amide bonds. The van der Waals surface area contributed by atoms with Gasteiger partial charge in [0.05, 0.1) is 17.5 Å². The summed E-state index contributed by atoms with van der Waals surface area (Å²) in [5, 5.41) is 11.4. The molecule has 2 aromatic carbocycles. The Kier molecular flexibility index (Phi) is 6.46. The van der Waals surface area contributed by atoms with Gasteiger partial charge < -0.3 is 14.7 Å². The van der Waals surface area contributed by atoms with E-state index in [2.05, 4.69) is 42.4 Å². The van der Waals surface area contributed by atoms with Crippen LogP contribution >= 0.6 is 0 Å². The maximum atomic E-state index is 13.2. The molecule has 1 fully saturated rings. The molecule has 1 aliphatic rings. The van der Waals surface area contributed by atoms with Crippen LogP contribution < -0.4 is 4.72 Å². The van der Waals surface area contributed by atoms with Gasteiger partial charge in [0, 0.05) is 75.1 Å². The molecule has 9 heteroatoms. The fourth-order valence-corrected chi connectivity index (χ4v) is 6.04. The van der Waals surface area contributed by atoms with Gasteiger partial charge >= 0.3 is 0 Å². The molecular formula is C25H31N5O3S. The van der Waals surface area contributed by atoms with E-state index < -0.39 is 10.0 Å². The van der Waals surface area contributed by atoms with E-state index in [0.717, 1.165) is 53.5 Å². The Bertz CT molecular complexity index is 1390. The standard InChI is InChI=1S/C25H31N5O3S/c1-28-18-22(21-4-2-3-5-24(21)28)25(30-12-10-29(11-13-30)14-15-31)17-27-34(32,33)20-7-6-19-8-9-26-23(19)16-20/h2-9,16,18,25-27,31H,10-15,17H2,1H3. The van der Waals surface area contributed by atoms with Crippen LogP contribution in [0.3, 0.4) is 0 Å². The largest absolute Gasteiger partial charge is 0.395 e. The summed E-state index contributed by atoms with van der Waals surface area (Å²) in [7, 11) is -1.66. The van der Waals surface area contributed by atoms with E-state index in [-0.39, 0.29) is 24.1 Å². The number of aromatic nitrogens is 2. The minimum Gasteiger partial charge on any atom is -0.395 e. The lowest BCUT2D eigenvalue weighted by Crippen LogP contribution is -2.50. The maximum Gasteiger partial charge on any atom is 0.240 e. The quantitative estimate of drug-likeness (QED) is 0.359. The lowest BCUT2D eigenvalue weighted by molar-refractivity contribution is 0.0849. The number of H-pyrrole nitrogens is 1. The molecule has 1 atom stereocenters. The Labute approximate surface area is 199 Å². The minimum absolute atomic E-state index is 0.105. The fourth-order valence-electron chi connectivity index (χ4n) is 4.98. The number of aliphatic hydroxyl groups is 1. The average molecular weight is 482 g/mol. The van der Waals surface area contributed by atoms with Gasteiger partial charge in [-0.15, -0.1) is 0 Å². The summed E-state index contributed by atoms with van der Waals surface area (Å²) >= 11 is 0. The van der Waals surface area contributed by atoms with Crippen LogP contribution in [0.2, 0.25) is 0 Å². The number of aromatic amines is 1. The summed E-state index contributed by atoms with van der Waals surface area (Å²) in [5.74, 6) is 0. The van der Waals surface area contributed by atoms with Crippen LogP contribution in [0.1, 0.15) is 11.6 Å². The molecule has 34 heavy (non-hydrogen) atoms. The van der Waals surface area contributed by atoms with Crippen molar-refractivity contribution >= 4 is 31.8 Å². The Morgan fingerprint density at radius 2 is 1.88 bits per heavy atom. The average Bonchev–Trinajstić information content (AvgIpc) is 3.45. The van der Waals surface area contributed by atoms with Crippen molar-refractivity contribution in [1.29, 1.82) is 0 Å². The monoisotopic (exact) mass is 481 g/mol. The zero-order chi connectivity index (χ0) is 23.7. The molecule has 0 spiro atoms. The van der Waals surface area contributed by atoms with Gasteiger partial charge in [-0.2, -0.15) is 0 Å². The number of nitrogens with one attached hydrogen (secondary N) is 2. The second-order valence-corrected chi connectivity index (χ2v) is 10.7. The van der Waals surface area contributed by atoms with Gasteiger partial charge in [-0.25, -0.2) is 13.1 Å². The second kappa shape index (κ2) is 9.52. The molecule has 8 nitrogen and oxygen atoms in total. The van der Waals surface area contributed by atoms with Crippen molar-refractivity contribution in [2.75, 3.05) is 45.9 Å². The second-order valence-electron chi connectivity index (χ2n) is 8.91. The normalized spacial score (nSPS) is 17.0. The predicted octanol–water partition coefficient (Wildman–Crippen LogP) is 2.29. The van der Waals surface area contributed by atoms with Crippen molar-refractivity contribution < 1.29 is 13.5 Å². The van der Waals surface area contributed by atoms with E-state index in [1.54, 1.807) is 12.1 Å². The number of fused-ring (bicyclic) bond motifs is 2. The summed E-state index contributed by atoms with van der Waals surface area (Å²) in [5.41, 5.74) is 3.05. The van der Waals surface area contributed by atoms with Crippen LogP contribution in [-0.2, 0) is 17.1 Å². The molecule has 0 aliphatic carbocycles. The Morgan fingerprint density at radius 1 is 1.09 bits per heavy atom. The van der Waals surface area contributed by atoms with E-state index >= 15 is 0 Å². The molecule has 0 saturated carbocycles. The molecule has 180 valence electrons. The van der Waals surface area contributed by atoms with Gasteiger partial charge in [-0.05, 0) is 35.2 Å².